The fourth-order valence-electron chi connectivity index (χ4n) is 3.05. The largest absolute Gasteiger partial charge is 0.496 e. The van der Waals surface area contributed by atoms with Crippen LogP contribution in [-0.4, -0.2) is 68.8 Å². The van der Waals surface area contributed by atoms with Crippen molar-refractivity contribution in [2.75, 3.05) is 46.9 Å². The second-order valence-electron chi connectivity index (χ2n) is 5.84. The van der Waals surface area contributed by atoms with Crippen LogP contribution >= 0.6 is 0 Å². The number of nitrogens with zero attached hydrogens (tertiary/aromatic N) is 2. The average Bonchev–Trinajstić information content (AvgIpc) is 2.86. The Morgan fingerprint density at radius 1 is 1.42 bits per heavy atom. The third-order valence-corrected chi connectivity index (χ3v) is 4.15. The molecule has 19 heavy (non-hydrogen) atoms. The fraction of sp³-hybridized carbons (Fsp3) is 0.867. The highest BCUT2D eigenvalue weighted by molar-refractivity contribution is 5.12. The van der Waals surface area contributed by atoms with E-state index in [2.05, 4.69) is 42.2 Å². The number of likely N-dealkylation sites (N-methyl/N-ethyl adjacent to an activating group) is 2. The molecule has 0 aromatic carbocycles. The van der Waals surface area contributed by atoms with Crippen molar-refractivity contribution in [3.05, 3.63) is 11.8 Å². The van der Waals surface area contributed by atoms with Crippen LogP contribution in [-0.2, 0) is 4.74 Å². The lowest BCUT2D eigenvalue weighted by Gasteiger charge is -2.35. The van der Waals surface area contributed by atoms with Gasteiger partial charge in [0.25, 0.3) is 0 Å². The second-order valence-corrected chi connectivity index (χ2v) is 5.84. The maximum Gasteiger partial charge on any atom is 0.111 e. The molecule has 0 amide bonds. The van der Waals surface area contributed by atoms with E-state index in [1.54, 1.807) is 0 Å². The zero-order chi connectivity index (χ0) is 13.7. The minimum absolute atomic E-state index is 0.341. The van der Waals surface area contributed by atoms with Crippen molar-refractivity contribution in [1.29, 1.82) is 0 Å². The highest BCUT2D eigenvalue weighted by Crippen LogP contribution is 2.21. The van der Waals surface area contributed by atoms with Crippen molar-refractivity contribution in [2.24, 2.45) is 0 Å². The van der Waals surface area contributed by atoms with Gasteiger partial charge in [0.15, 0.2) is 0 Å². The fourth-order valence-corrected chi connectivity index (χ4v) is 3.05. The average molecular weight is 267 g/mol. The lowest BCUT2D eigenvalue weighted by molar-refractivity contribution is 0.141. The molecule has 0 radical (unpaired) electrons. The zero-order valence-electron chi connectivity index (χ0n) is 12.7. The van der Waals surface area contributed by atoms with Gasteiger partial charge < -0.3 is 19.9 Å². The molecule has 0 aromatic rings. The summed E-state index contributed by atoms with van der Waals surface area (Å²) >= 11 is 0. The Balaban J connectivity index is 2.09. The van der Waals surface area contributed by atoms with Gasteiger partial charge in [-0.2, -0.15) is 0 Å². The molecule has 1 N–H and O–H groups in total. The molecule has 2 aliphatic rings. The van der Waals surface area contributed by atoms with Gasteiger partial charge in [0, 0.05) is 19.0 Å². The Kier molecular flexibility index (Phi) is 5.67. The van der Waals surface area contributed by atoms with E-state index in [9.17, 15) is 0 Å². The van der Waals surface area contributed by atoms with Gasteiger partial charge in [-0.05, 0) is 52.6 Å². The number of hydrogen-bond acceptors (Lipinski definition) is 4. The molecular weight excluding hydrogens is 238 g/mol. The van der Waals surface area contributed by atoms with Crippen molar-refractivity contribution in [3.63, 3.8) is 0 Å². The number of rotatable bonds is 5. The van der Waals surface area contributed by atoms with Gasteiger partial charge in [-0.15, -0.1) is 0 Å². The molecule has 0 aromatic heterocycles. The summed E-state index contributed by atoms with van der Waals surface area (Å²) in [7, 11) is 4.48. The van der Waals surface area contributed by atoms with Crippen LogP contribution in [0.3, 0.4) is 0 Å². The topological polar surface area (TPSA) is 27.7 Å². The summed E-state index contributed by atoms with van der Waals surface area (Å²) < 4.78 is 5.84. The lowest BCUT2D eigenvalue weighted by Crippen LogP contribution is -2.53. The molecule has 0 bridgehead atoms. The molecule has 2 atom stereocenters. The highest BCUT2D eigenvalue weighted by atomic mass is 16.5. The Hall–Kier alpha value is -0.580. The standard InChI is InChI=1S/C15H29N3O/c1-4-8-16-15(14-7-5-11-19-14)13-12-17(2)9-6-10-18(13)3/h7,13,15-16H,4-6,8-12H2,1-3H3. The molecular formula is C15H29N3O. The first-order chi connectivity index (χ1) is 9.22. The van der Waals surface area contributed by atoms with Crippen molar-refractivity contribution >= 4 is 0 Å². The molecule has 4 heteroatoms. The van der Waals surface area contributed by atoms with Gasteiger partial charge in [0.1, 0.15) is 5.76 Å². The monoisotopic (exact) mass is 267 g/mol. The van der Waals surface area contributed by atoms with Crippen LogP contribution in [0.2, 0.25) is 0 Å². The van der Waals surface area contributed by atoms with Crippen LogP contribution in [0.4, 0.5) is 0 Å². The highest BCUT2D eigenvalue weighted by Gasteiger charge is 2.32. The van der Waals surface area contributed by atoms with Gasteiger partial charge in [-0.1, -0.05) is 6.92 Å². The van der Waals surface area contributed by atoms with E-state index in [1.165, 1.54) is 25.3 Å². The first-order valence-electron chi connectivity index (χ1n) is 7.67. The van der Waals surface area contributed by atoms with Gasteiger partial charge in [-0.25, -0.2) is 0 Å². The third-order valence-electron chi connectivity index (χ3n) is 4.15. The van der Waals surface area contributed by atoms with E-state index in [0.717, 1.165) is 32.5 Å². The molecule has 4 nitrogen and oxygen atoms in total. The zero-order valence-corrected chi connectivity index (χ0v) is 12.7. The molecule has 2 aliphatic heterocycles. The summed E-state index contributed by atoms with van der Waals surface area (Å²) in [5.74, 6) is 1.17. The first-order valence-corrected chi connectivity index (χ1v) is 7.67. The van der Waals surface area contributed by atoms with Crippen LogP contribution in [0.25, 0.3) is 0 Å². The number of nitrogens with one attached hydrogen (secondary N) is 1. The van der Waals surface area contributed by atoms with E-state index in [4.69, 9.17) is 4.74 Å². The van der Waals surface area contributed by atoms with Gasteiger partial charge in [-0.3, -0.25) is 0 Å². The van der Waals surface area contributed by atoms with Crippen molar-refractivity contribution in [2.45, 2.75) is 38.3 Å². The first kappa shape index (κ1) is 14.8. The molecule has 1 fully saturated rings. The van der Waals surface area contributed by atoms with Crippen molar-refractivity contribution in [3.8, 4) is 0 Å². The summed E-state index contributed by atoms with van der Waals surface area (Å²) in [6, 6.07) is 0.844. The predicted octanol–water partition coefficient (Wildman–Crippen LogP) is 1.29. The lowest BCUT2D eigenvalue weighted by atomic mass is 10.0. The summed E-state index contributed by atoms with van der Waals surface area (Å²) in [6.07, 6.45) is 5.75. The molecule has 0 spiro atoms. The SMILES string of the molecule is CCCNC(C1=CCCO1)C1CN(C)CCCN1C. The summed E-state index contributed by atoms with van der Waals surface area (Å²) in [5.41, 5.74) is 0. The quantitative estimate of drug-likeness (QED) is 0.812. The van der Waals surface area contributed by atoms with Crippen LogP contribution in [0.5, 0.6) is 0 Å². The predicted molar refractivity (Wildman–Crippen MR) is 79.3 cm³/mol. The Labute approximate surface area is 117 Å². The van der Waals surface area contributed by atoms with Gasteiger partial charge in [0.05, 0.1) is 12.6 Å². The molecule has 2 rings (SSSR count). The molecule has 2 unspecified atom stereocenters. The van der Waals surface area contributed by atoms with E-state index in [-0.39, 0.29) is 0 Å². The van der Waals surface area contributed by atoms with Gasteiger partial charge in [0.2, 0.25) is 0 Å². The van der Waals surface area contributed by atoms with Crippen LogP contribution in [0.1, 0.15) is 26.2 Å². The molecule has 2 heterocycles. The second kappa shape index (κ2) is 7.27. The minimum Gasteiger partial charge on any atom is -0.496 e. The Morgan fingerprint density at radius 2 is 2.26 bits per heavy atom. The van der Waals surface area contributed by atoms with E-state index in [1.807, 2.05) is 0 Å². The normalized spacial score (nSPS) is 27.7. The Morgan fingerprint density at radius 3 is 2.95 bits per heavy atom. The van der Waals surface area contributed by atoms with E-state index in [0.29, 0.717) is 12.1 Å². The maximum atomic E-state index is 5.84. The van der Waals surface area contributed by atoms with E-state index < -0.39 is 0 Å². The summed E-state index contributed by atoms with van der Waals surface area (Å²) in [5, 5.41) is 3.70. The summed E-state index contributed by atoms with van der Waals surface area (Å²) in [6.45, 7) is 7.61. The van der Waals surface area contributed by atoms with E-state index >= 15 is 0 Å². The van der Waals surface area contributed by atoms with Crippen LogP contribution in [0.15, 0.2) is 11.8 Å². The number of ether oxygens (including phenoxy) is 1. The van der Waals surface area contributed by atoms with Crippen LogP contribution in [0, 0.1) is 0 Å². The summed E-state index contributed by atoms with van der Waals surface area (Å²) in [4.78, 5) is 4.95. The molecule has 1 saturated heterocycles. The molecule has 110 valence electrons. The van der Waals surface area contributed by atoms with Crippen LogP contribution < -0.4 is 5.32 Å². The third kappa shape index (κ3) is 3.94. The smallest absolute Gasteiger partial charge is 0.111 e. The van der Waals surface area contributed by atoms with Crippen molar-refractivity contribution in [1.82, 2.24) is 15.1 Å². The van der Waals surface area contributed by atoms with Crippen molar-refractivity contribution < 1.29 is 4.74 Å². The maximum absolute atomic E-state index is 5.84. The number of hydrogen-bond donors (Lipinski definition) is 1. The molecule has 0 saturated carbocycles. The molecule has 0 aliphatic carbocycles. The van der Waals surface area contributed by atoms with Gasteiger partial charge >= 0.3 is 0 Å². The minimum atomic E-state index is 0.341. The Bertz CT molecular complexity index is 306.